The fraction of sp³-hybridized carbons (Fsp3) is 0.0909. The molecule has 8 heteroatoms. The average Bonchev–Trinajstić information content (AvgIpc) is 3.46. The largest absolute Gasteiger partial charge is 0.481 e. The monoisotopic (exact) mass is 436 g/mol. The number of halogens is 1. The average molecular weight is 436 g/mol. The Balaban J connectivity index is 1.67. The van der Waals surface area contributed by atoms with Gasteiger partial charge in [-0.05, 0) is 30.3 Å². The molecule has 2 aliphatic rings. The quantitative estimate of drug-likeness (QED) is 0.469. The van der Waals surface area contributed by atoms with Crippen molar-refractivity contribution in [3.05, 3.63) is 58.9 Å². The minimum atomic E-state index is -0.469. The second-order valence-electron chi connectivity index (χ2n) is 7.20. The second-order valence-corrected chi connectivity index (χ2v) is 9.07. The van der Waals surface area contributed by atoms with Crippen LogP contribution in [0.1, 0.15) is 11.1 Å². The van der Waals surface area contributed by atoms with E-state index in [1.54, 1.807) is 23.2 Å². The maximum Gasteiger partial charge on any atom is 0.259 e. The molecule has 2 aliphatic heterocycles. The van der Waals surface area contributed by atoms with E-state index in [-0.39, 0.29) is 11.4 Å². The molecule has 4 aromatic rings. The Morgan fingerprint density at radius 3 is 2.70 bits per heavy atom. The SMILES string of the molecule is Cn1cc(C2=C(c3csc4ccc(F)cc34)C(=O)NC2=O)c2cc3c(cc21)SCO3. The number of amides is 2. The predicted octanol–water partition coefficient (Wildman–Crippen LogP) is 4.54. The third kappa shape index (κ3) is 2.41. The summed E-state index contributed by atoms with van der Waals surface area (Å²) in [5.74, 6) is 0.0256. The number of hydrogen-bond donors (Lipinski definition) is 1. The molecule has 6 rings (SSSR count). The number of hydrogen-bond acceptors (Lipinski definition) is 5. The van der Waals surface area contributed by atoms with Crippen LogP contribution in [-0.4, -0.2) is 22.3 Å². The Kier molecular flexibility index (Phi) is 3.66. The van der Waals surface area contributed by atoms with E-state index < -0.39 is 11.8 Å². The predicted molar refractivity (Wildman–Crippen MR) is 116 cm³/mol. The molecule has 4 heterocycles. The van der Waals surface area contributed by atoms with Crippen molar-refractivity contribution in [3.8, 4) is 5.75 Å². The summed E-state index contributed by atoms with van der Waals surface area (Å²) in [6, 6.07) is 8.44. The highest BCUT2D eigenvalue weighted by molar-refractivity contribution is 7.99. The number of aromatic nitrogens is 1. The lowest BCUT2D eigenvalue weighted by atomic mass is 9.95. The number of carbonyl (C=O) groups is 2. The highest BCUT2D eigenvalue weighted by Gasteiger charge is 2.35. The molecule has 2 aromatic carbocycles. The van der Waals surface area contributed by atoms with Gasteiger partial charge in [-0.3, -0.25) is 14.9 Å². The minimum absolute atomic E-state index is 0.278. The first-order chi connectivity index (χ1) is 14.5. The van der Waals surface area contributed by atoms with Gasteiger partial charge >= 0.3 is 0 Å². The summed E-state index contributed by atoms with van der Waals surface area (Å²) in [5, 5.41) is 5.69. The molecule has 1 N–H and O–H groups in total. The van der Waals surface area contributed by atoms with Crippen LogP contribution in [-0.2, 0) is 16.6 Å². The third-order valence-electron chi connectivity index (χ3n) is 5.49. The Morgan fingerprint density at radius 1 is 1.07 bits per heavy atom. The molecule has 0 fully saturated rings. The fourth-order valence-electron chi connectivity index (χ4n) is 4.13. The summed E-state index contributed by atoms with van der Waals surface area (Å²) in [6.45, 7) is 0. The lowest BCUT2D eigenvalue weighted by Gasteiger charge is -2.04. The molecular weight excluding hydrogens is 423 g/mol. The number of aryl methyl sites for hydroxylation is 1. The molecule has 0 unspecified atom stereocenters. The van der Waals surface area contributed by atoms with Crippen molar-refractivity contribution in [2.24, 2.45) is 7.05 Å². The molecule has 148 valence electrons. The molecule has 0 atom stereocenters. The van der Waals surface area contributed by atoms with Gasteiger partial charge in [0, 0.05) is 50.7 Å². The van der Waals surface area contributed by atoms with E-state index in [9.17, 15) is 14.0 Å². The number of ether oxygens (including phenoxy) is 1. The summed E-state index contributed by atoms with van der Waals surface area (Å²) >= 11 is 3.04. The van der Waals surface area contributed by atoms with E-state index in [0.717, 1.165) is 26.2 Å². The molecule has 5 nitrogen and oxygen atoms in total. The number of rotatable bonds is 2. The van der Waals surface area contributed by atoms with Crippen LogP contribution in [0.15, 0.2) is 46.8 Å². The molecule has 30 heavy (non-hydrogen) atoms. The zero-order valence-electron chi connectivity index (χ0n) is 15.6. The van der Waals surface area contributed by atoms with Gasteiger partial charge < -0.3 is 9.30 Å². The van der Waals surface area contributed by atoms with Crippen molar-refractivity contribution >= 4 is 67.0 Å². The Morgan fingerprint density at radius 2 is 1.87 bits per heavy atom. The zero-order chi connectivity index (χ0) is 20.6. The number of nitrogens with one attached hydrogen (secondary N) is 1. The molecule has 0 radical (unpaired) electrons. The van der Waals surface area contributed by atoms with E-state index in [4.69, 9.17) is 4.74 Å². The number of thioether (sulfide) groups is 1. The van der Waals surface area contributed by atoms with E-state index in [1.807, 2.05) is 29.9 Å². The van der Waals surface area contributed by atoms with Gasteiger partial charge in [0.05, 0.1) is 16.0 Å². The number of carbonyl (C=O) groups excluding carboxylic acids is 2. The smallest absolute Gasteiger partial charge is 0.259 e. The van der Waals surface area contributed by atoms with Crippen LogP contribution in [0.25, 0.3) is 32.1 Å². The van der Waals surface area contributed by atoms with Crippen LogP contribution < -0.4 is 10.1 Å². The fourth-order valence-corrected chi connectivity index (χ4v) is 5.83. The number of imide groups is 1. The molecule has 0 saturated heterocycles. The number of benzene rings is 2. The molecule has 0 aliphatic carbocycles. The Labute approximate surface area is 178 Å². The molecule has 0 bridgehead atoms. The first-order valence-electron chi connectivity index (χ1n) is 9.17. The van der Waals surface area contributed by atoms with Crippen LogP contribution in [0.5, 0.6) is 5.75 Å². The van der Waals surface area contributed by atoms with Gasteiger partial charge in [-0.25, -0.2) is 4.39 Å². The van der Waals surface area contributed by atoms with Gasteiger partial charge in [0.1, 0.15) is 17.5 Å². The van der Waals surface area contributed by atoms with Crippen molar-refractivity contribution in [2.75, 3.05) is 5.94 Å². The highest BCUT2D eigenvalue weighted by Crippen LogP contribution is 2.44. The van der Waals surface area contributed by atoms with Crippen LogP contribution in [0.3, 0.4) is 0 Å². The second kappa shape index (κ2) is 6.20. The number of fused-ring (bicyclic) bond motifs is 3. The van der Waals surface area contributed by atoms with Crippen molar-refractivity contribution < 1.29 is 18.7 Å². The Bertz CT molecular complexity index is 1460. The third-order valence-corrected chi connectivity index (χ3v) is 7.32. The zero-order valence-corrected chi connectivity index (χ0v) is 17.2. The molecule has 2 amide bonds. The molecular formula is C22H13FN2O3S2. The van der Waals surface area contributed by atoms with Crippen LogP contribution >= 0.6 is 23.1 Å². The molecule has 0 saturated carbocycles. The van der Waals surface area contributed by atoms with Crippen LogP contribution in [0, 0.1) is 5.82 Å². The normalized spacial score (nSPS) is 15.9. The van der Waals surface area contributed by atoms with Crippen LogP contribution in [0.4, 0.5) is 4.39 Å². The summed E-state index contributed by atoms with van der Waals surface area (Å²) in [6.07, 6.45) is 1.85. The standard InChI is InChI=1S/C22H13FN2O3S2/c1-25-7-13(11-5-16-18(6-15(11)25)30-9-28-16)19-20(22(27)24-21(19)26)14-8-29-17-3-2-10(23)4-12(14)17/h2-8H,9H2,1H3,(H,24,26,27). The first kappa shape index (κ1) is 17.7. The first-order valence-corrected chi connectivity index (χ1v) is 11.0. The van der Waals surface area contributed by atoms with E-state index >= 15 is 0 Å². The maximum atomic E-state index is 13.9. The summed E-state index contributed by atoms with van der Waals surface area (Å²) in [5.41, 5.74) is 2.75. The highest BCUT2D eigenvalue weighted by atomic mass is 32.2. The van der Waals surface area contributed by atoms with E-state index in [1.165, 1.54) is 23.5 Å². The maximum absolute atomic E-state index is 13.9. The van der Waals surface area contributed by atoms with E-state index in [0.29, 0.717) is 28.0 Å². The van der Waals surface area contributed by atoms with Gasteiger partial charge in [-0.15, -0.1) is 11.3 Å². The van der Waals surface area contributed by atoms with Crippen molar-refractivity contribution in [1.82, 2.24) is 9.88 Å². The molecule has 2 aromatic heterocycles. The topological polar surface area (TPSA) is 60.3 Å². The van der Waals surface area contributed by atoms with Crippen molar-refractivity contribution in [1.29, 1.82) is 0 Å². The van der Waals surface area contributed by atoms with E-state index in [2.05, 4.69) is 5.32 Å². The van der Waals surface area contributed by atoms with Gasteiger partial charge in [0.25, 0.3) is 11.8 Å². The van der Waals surface area contributed by atoms with Crippen LogP contribution in [0.2, 0.25) is 0 Å². The van der Waals surface area contributed by atoms with Gasteiger partial charge in [-0.1, -0.05) is 11.8 Å². The summed E-state index contributed by atoms with van der Waals surface area (Å²) in [4.78, 5) is 26.7. The van der Waals surface area contributed by atoms with Gasteiger partial charge in [0.2, 0.25) is 0 Å². The summed E-state index contributed by atoms with van der Waals surface area (Å²) < 4.78 is 22.4. The number of nitrogens with zero attached hydrogens (tertiary/aromatic N) is 1. The number of thiophene rings is 1. The van der Waals surface area contributed by atoms with Gasteiger partial charge in [-0.2, -0.15) is 0 Å². The lowest BCUT2D eigenvalue weighted by Crippen LogP contribution is -2.22. The van der Waals surface area contributed by atoms with Crippen molar-refractivity contribution in [3.63, 3.8) is 0 Å². The lowest BCUT2D eigenvalue weighted by molar-refractivity contribution is -0.122. The summed E-state index contributed by atoms with van der Waals surface area (Å²) in [7, 11) is 1.91. The van der Waals surface area contributed by atoms with Gasteiger partial charge in [0.15, 0.2) is 0 Å². The Hall–Kier alpha value is -3.10. The molecule has 0 spiro atoms. The van der Waals surface area contributed by atoms with Crippen molar-refractivity contribution in [2.45, 2.75) is 4.90 Å². The minimum Gasteiger partial charge on any atom is -0.481 e.